The van der Waals surface area contributed by atoms with E-state index in [0.29, 0.717) is 23.6 Å². The zero-order valence-corrected chi connectivity index (χ0v) is 11.8. The third-order valence-electron chi connectivity index (χ3n) is 2.46. The quantitative estimate of drug-likeness (QED) is 0.860. The smallest absolute Gasteiger partial charge is 0.338 e. The highest BCUT2D eigenvalue weighted by atomic mass is 32.1. The summed E-state index contributed by atoms with van der Waals surface area (Å²) < 4.78 is 5.05. The number of anilines is 1. The van der Waals surface area contributed by atoms with E-state index >= 15 is 0 Å². The van der Waals surface area contributed by atoms with Crippen molar-refractivity contribution >= 4 is 28.9 Å². The van der Waals surface area contributed by atoms with Crippen LogP contribution in [0.25, 0.3) is 0 Å². The fourth-order valence-corrected chi connectivity index (χ4v) is 2.05. The lowest BCUT2D eigenvalue weighted by Gasteiger charge is -2.06. The largest absolute Gasteiger partial charge is 0.462 e. The number of carbonyl (C=O) groups excluding carboxylic acids is 2. The molecule has 104 valence electrons. The Hall–Kier alpha value is -2.21. The minimum Gasteiger partial charge on any atom is -0.462 e. The summed E-state index contributed by atoms with van der Waals surface area (Å²) in [6, 6.07) is 6.64. The number of rotatable bonds is 5. The summed E-state index contributed by atoms with van der Waals surface area (Å²) in [5, 5.41) is 4.35. The van der Waals surface area contributed by atoms with Crippen LogP contribution in [0.1, 0.15) is 34.2 Å². The molecule has 0 fully saturated rings. The van der Waals surface area contributed by atoms with Crippen molar-refractivity contribution in [3.8, 4) is 0 Å². The Labute approximate surface area is 120 Å². The van der Waals surface area contributed by atoms with Crippen molar-refractivity contribution in [1.82, 2.24) is 4.98 Å². The molecule has 1 aromatic heterocycles. The molecule has 0 saturated carbocycles. The molecule has 0 radical (unpaired) electrons. The molecule has 0 aliphatic heterocycles. The molecule has 2 aromatic rings. The predicted octanol–water partition coefficient (Wildman–Crippen LogP) is 2.96. The van der Waals surface area contributed by atoms with Gasteiger partial charge in [0.2, 0.25) is 0 Å². The first kappa shape index (κ1) is 14.2. The number of carbonyl (C=O) groups is 2. The molecule has 20 heavy (non-hydrogen) atoms. The van der Waals surface area contributed by atoms with E-state index in [-0.39, 0.29) is 5.91 Å². The fourth-order valence-electron chi connectivity index (χ4n) is 1.52. The predicted molar refractivity (Wildman–Crippen MR) is 77.1 cm³/mol. The highest BCUT2D eigenvalue weighted by Gasteiger charge is 2.11. The maximum atomic E-state index is 11.8. The Morgan fingerprint density at radius 1 is 1.40 bits per heavy atom. The maximum absolute atomic E-state index is 11.8. The molecule has 5 nitrogen and oxygen atoms in total. The van der Waals surface area contributed by atoms with E-state index in [1.54, 1.807) is 35.2 Å². The van der Waals surface area contributed by atoms with Crippen LogP contribution in [-0.4, -0.2) is 23.5 Å². The first-order valence-corrected chi connectivity index (χ1v) is 7.11. The highest BCUT2D eigenvalue weighted by Crippen LogP contribution is 2.13. The van der Waals surface area contributed by atoms with E-state index in [4.69, 9.17) is 4.74 Å². The van der Waals surface area contributed by atoms with E-state index in [0.717, 1.165) is 6.42 Å². The molecule has 0 aliphatic carbocycles. The monoisotopic (exact) mass is 290 g/mol. The molecular formula is C14H14N2O3S. The van der Waals surface area contributed by atoms with Gasteiger partial charge < -0.3 is 10.1 Å². The van der Waals surface area contributed by atoms with Gasteiger partial charge in [-0.15, -0.1) is 11.3 Å². The Morgan fingerprint density at radius 2 is 2.25 bits per heavy atom. The summed E-state index contributed by atoms with van der Waals surface area (Å²) in [4.78, 5) is 27.5. The summed E-state index contributed by atoms with van der Waals surface area (Å²) >= 11 is 1.35. The van der Waals surface area contributed by atoms with Gasteiger partial charge in [0, 0.05) is 11.1 Å². The molecule has 6 heteroatoms. The van der Waals surface area contributed by atoms with Gasteiger partial charge in [0.05, 0.1) is 17.7 Å². The van der Waals surface area contributed by atoms with Gasteiger partial charge in [0.15, 0.2) is 0 Å². The van der Waals surface area contributed by atoms with Crippen LogP contribution in [0.15, 0.2) is 35.2 Å². The van der Waals surface area contributed by atoms with Crippen LogP contribution in [0.2, 0.25) is 0 Å². The molecule has 2 rings (SSSR count). The molecule has 0 aliphatic rings. The summed E-state index contributed by atoms with van der Waals surface area (Å²) in [5.41, 5.74) is 2.89. The summed E-state index contributed by atoms with van der Waals surface area (Å²) in [7, 11) is 0. The molecule has 0 unspecified atom stereocenters. The van der Waals surface area contributed by atoms with Crippen LogP contribution >= 0.6 is 11.3 Å². The number of aromatic nitrogens is 1. The Bertz CT molecular complexity index is 596. The molecular weight excluding hydrogens is 276 g/mol. The van der Waals surface area contributed by atoms with Crippen molar-refractivity contribution < 1.29 is 14.3 Å². The third-order valence-corrected chi connectivity index (χ3v) is 3.04. The fraction of sp³-hybridized carbons (Fsp3) is 0.214. The van der Waals surface area contributed by atoms with E-state index in [2.05, 4.69) is 10.3 Å². The molecule has 1 aromatic carbocycles. The number of nitrogens with zero attached hydrogens (tertiary/aromatic N) is 1. The lowest BCUT2D eigenvalue weighted by molar-refractivity contribution is 0.0505. The van der Waals surface area contributed by atoms with Gasteiger partial charge in [0.1, 0.15) is 5.69 Å². The second-order valence-corrected chi connectivity index (χ2v) is 4.76. The number of nitrogens with one attached hydrogen (secondary N) is 1. The van der Waals surface area contributed by atoms with Crippen molar-refractivity contribution in [2.45, 2.75) is 13.3 Å². The normalized spacial score (nSPS) is 10.1. The minimum atomic E-state index is -0.392. The van der Waals surface area contributed by atoms with E-state index in [1.165, 1.54) is 11.3 Å². The summed E-state index contributed by atoms with van der Waals surface area (Å²) in [6.45, 7) is 2.31. The number of amides is 1. The van der Waals surface area contributed by atoms with Crippen LogP contribution < -0.4 is 5.32 Å². The molecule has 0 saturated heterocycles. The van der Waals surface area contributed by atoms with Gasteiger partial charge in [-0.05, 0) is 24.6 Å². The first-order chi connectivity index (χ1) is 9.70. The molecule has 0 bridgehead atoms. The van der Waals surface area contributed by atoms with Crippen LogP contribution in [0.5, 0.6) is 0 Å². The van der Waals surface area contributed by atoms with Gasteiger partial charge in [-0.2, -0.15) is 0 Å². The van der Waals surface area contributed by atoms with Crippen molar-refractivity contribution in [2.75, 3.05) is 11.9 Å². The van der Waals surface area contributed by atoms with Crippen molar-refractivity contribution in [1.29, 1.82) is 0 Å². The first-order valence-electron chi connectivity index (χ1n) is 6.17. The summed E-state index contributed by atoms with van der Waals surface area (Å²) in [5.74, 6) is -0.693. The van der Waals surface area contributed by atoms with Crippen molar-refractivity contribution in [3.05, 3.63) is 46.4 Å². The maximum Gasteiger partial charge on any atom is 0.338 e. The average molecular weight is 290 g/mol. The van der Waals surface area contributed by atoms with Crippen LogP contribution in [0.4, 0.5) is 5.69 Å². The molecule has 1 amide bonds. The number of thiazole rings is 1. The highest BCUT2D eigenvalue weighted by molar-refractivity contribution is 7.07. The van der Waals surface area contributed by atoms with Crippen LogP contribution in [0.3, 0.4) is 0 Å². The van der Waals surface area contributed by atoms with E-state index in [9.17, 15) is 9.59 Å². The Balaban J connectivity index is 2.06. The number of hydrogen-bond acceptors (Lipinski definition) is 5. The Kier molecular flexibility index (Phi) is 4.84. The standard InChI is InChI=1S/C14H14N2O3S/c1-2-6-19-14(18)10-4-3-5-11(7-10)16-13(17)12-8-20-9-15-12/h3-5,7-9H,2,6H2,1H3,(H,16,17). The summed E-state index contributed by atoms with van der Waals surface area (Å²) in [6.07, 6.45) is 0.770. The van der Waals surface area contributed by atoms with Gasteiger partial charge >= 0.3 is 5.97 Å². The van der Waals surface area contributed by atoms with Gasteiger partial charge in [-0.25, -0.2) is 9.78 Å². The van der Waals surface area contributed by atoms with Gasteiger partial charge in [-0.1, -0.05) is 13.0 Å². The van der Waals surface area contributed by atoms with E-state index in [1.807, 2.05) is 6.92 Å². The van der Waals surface area contributed by atoms with Gasteiger partial charge in [0.25, 0.3) is 5.91 Å². The van der Waals surface area contributed by atoms with E-state index < -0.39 is 5.97 Å². The molecule has 0 atom stereocenters. The second kappa shape index (κ2) is 6.81. The molecule has 1 N–H and O–H groups in total. The lowest BCUT2D eigenvalue weighted by atomic mass is 10.2. The topological polar surface area (TPSA) is 68.3 Å². The third kappa shape index (κ3) is 3.64. The number of ether oxygens (including phenoxy) is 1. The van der Waals surface area contributed by atoms with Crippen LogP contribution in [-0.2, 0) is 4.74 Å². The van der Waals surface area contributed by atoms with Crippen LogP contribution in [0, 0.1) is 0 Å². The SMILES string of the molecule is CCCOC(=O)c1cccc(NC(=O)c2cscn2)c1. The minimum absolute atomic E-state index is 0.301. The number of benzene rings is 1. The number of esters is 1. The molecule has 1 heterocycles. The van der Waals surface area contributed by atoms with Crippen molar-refractivity contribution in [2.24, 2.45) is 0 Å². The molecule has 0 spiro atoms. The van der Waals surface area contributed by atoms with Gasteiger partial charge in [-0.3, -0.25) is 4.79 Å². The Morgan fingerprint density at radius 3 is 2.95 bits per heavy atom. The number of hydrogen-bond donors (Lipinski definition) is 1. The van der Waals surface area contributed by atoms with Crippen molar-refractivity contribution in [3.63, 3.8) is 0 Å². The second-order valence-electron chi connectivity index (χ2n) is 4.04. The lowest BCUT2D eigenvalue weighted by Crippen LogP contribution is -2.13. The zero-order chi connectivity index (χ0) is 14.4. The zero-order valence-electron chi connectivity index (χ0n) is 11.0. The average Bonchev–Trinajstić information content (AvgIpc) is 2.99.